The zero-order chi connectivity index (χ0) is 12.8. The summed E-state index contributed by atoms with van der Waals surface area (Å²) < 4.78 is 0. The van der Waals surface area contributed by atoms with Crippen LogP contribution in [0.3, 0.4) is 0 Å². The first-order valence-electron chi connectivity index (χ1n) is 6.15. The SMILES string of the molecule is CC(C)C(O)CNCc1ccc(N(C)C)cc1. The first kappa shape index (κ1) is 14.0. The average Bonchev–Trinajstić information content (AvgIpc) is 2.29. The maximum absolute atomic E-state index is 9.65. The lowest BCUT2D eigenvalue weighted by Gasteiger charge is -2.16. The highest BCUT2D eigenvalue weighted by atomic mass is 16.3. The summed E-state index contributed by atoms with van der Waals surface area (Å²) in [7, 11) is 4.07. The molecule has 0 aliphatic rings. The molecule has 0 aliphatic heterocycles. The predicted octanol–water partition coefficient (Wildman–Crippen LogP) is 1.86. The molecule has 0 amide bonds. The monoisotopic (exact) mass is 236 g/mol. The van der Waals surface area contributed by atoms with Gasteiger partial charge in [-0.3, -0.25) is 0 Å². The molecule has 0 radical (unpaired) electrons. The largest absolute Gasteiger partial charge is 0.392 e. The molecule has 3 nitrogen and oxygen atoms in total. The van der Waals surface area contributed by atoms with Gasteiger partial charge in [0.05, 0.1) is 6.10 Å². The van der Waals surface area contributed by atoms with Crippen LogP contribution in [0.2, 0.25) is 0 Å². The molecule has 0 saturated carbocycles. The number of aliphatic hydroxyl groups excluding tert-OH is 1. The Hall–Kier alpha value is -1.06. The van der Waals surface area contributed by atoms with Gasteiger partial charge in [-0.05, 0) is 23.6 Å². The van der Waals surface area contributed by atoms with E-state index in [0.717, 1.165) is 6.54 Å². The highest BCUT2D eigenvalue weighted by Crippen LogP contribution is 2.12. The molecule has 1 aromatic carbocycles. The summed E-state index contributed by atoms with van der Waals surface area (Å²) in [5.41, 5.74) is 2.45. The summed E-state index contributed by atoms with van der Waals surface area (Å²) in [6.45, 7) is 5.50. The molecule has 0 aliphatic carbocycles. The van der Waals surface area contributed by atoms with Crippen molar-refractivity contribution in [3.8, 4) is 0 Å². The molecular formula is C14H24N2O. The molecule has 1 aromatic rings. The zero-order valence-electron chi connectivity index (χ0n) is 11.3. The summed E-state index contributed by atoms with van der Waals surface area (Å²) >= 11 is 0. The Bertz CT molecular complexity index is 319. The molecule has 0 aromatic heterocycles. The minimum atomic E-state index is -0.268. The van der Waals surface area contributed by atoms with E-state index < -0.39 is 0 Å². The first-order chi connectivity index (χ1) is 8.00. The van der Waals surface area contributed by atoms with E-state index in [9.17, 15) is 5.11 Å². The molecule has 1 unspecified atom stereocenters. The number of rotatable bonds is 6. The van der Waals surface area contributed by atoms with Gasteiger partial charge in [-0.2, -0.15) is 0 Å². The maximum Gasteiger partial charge on any atom is 0.0687 e. The van der Waals surface area contributed by atoms with Crippen molar-refractivity contribution in [2.75, 3.05) is 25.5 Å². The Morgan fingerprint density at radius 1 is 1.18 bits per heavy atom. The fourth-order valence-corrected chi connectivity index (χ4v) is 1.51. The van der Waals surface area contributed by atoms with Crippen LogP contribution in [0.15, 0.2) is 24.3 Å². The number of aliphatic hydroxyl groups is 1. The van der Waals surface area contributed by atoms with Crippen molar-refractivity contribution in [3.63, 3.8) is 0 Å². The second-order valence-electron chi connectivity index (χ2n) is 5.00. The fraction of sp³-hybridized carbons (Fsp3) is 0.571. The standard InChI is InChI=1S/C14H24N2O/c1-11(2)14(17)10-15-9-12-5-7-13(8-6-12)16(3)4/h5-8,11,14-15,17H,9-10H2,1-4H3. The third kappa shape index (κ3) is 4.75. The van der Waals surface area contributed by atoms with Crippen LogP contribution in [0.1, 0.15) is 19.4 Å². The van der Waals surface area contributed by atoms with Gasteiger partial charge in [-0.25, -0.2) is 0 Å². The molecule has 0 spiro atoms. The normalized spacial score (nSPS) is 12.8. The van der Waals surface area contributed by atoms with Gasteiger partial charge in [-0.15, -0.1) is 0 Å². The molecule has 0 saturated heterocycles. The van der Waals surface area contributed by atoms with E-state index in [1.54, 1.807) is 0 Å². The van der Waals surface area contributed by atoms with Gasteiger partial charge >= 0.3 is 0 Å². The van der Waals surface area contributed by atoms with Gasteiger partial charge < -0.3 is 15.3 Å². The lowest BCUT2D eigenvalue weighted by atomic mass is 10.1. The maximum atomic E-state index is 9.65. The molecule has 0 fully saturated rings. The summed E-state index contributed by atoms with van der Waals surface area (Å²) in [6.07, 6.45) is -0.268. The quantitative estimate of drug-likeness (QED) is 0.791. The van der Waals surface area contributed by atoms with E-state index in [4.69, 9.17) is 0 Å². The molecular weight excluding hydrogens is 212 g/mol. The Labute approximate surface area is 104 Å². The molecule has 2 N–H and O–H groups in total. The van der Waals surface area contributed by atoms with Crippen LogP contribution in [-0.2, 0) is 6.54 Å². The van der Waals surface area contributed by atoms with Crippen molar-refractivity contribution >= 4 is 5.69 Å². The van der Waals surface area contributed by atoms with Gasteiger partial charge in [0.2, 0.25) is 0 Å². The average molecular weight is 236 g/mol. The van der Waals surface area contributed by atoms with E-state index in [-0.39, 0.29) is 6.10 Å². The molecule has 0 bridgehead atoms. The zero-order valence-corrected chi connectivity index (χ0v) is 11.3. The van der Waals surface area contributed by atoms with Crippen LogP contribution in [-0.4, -0.2) is 31.9 Å². The van der Waals surface area contributed by atoms with Gasteiger partial charge in [0.15, 0.2) is 0 Å². The molecule has 1 rings (SSSR count). The van der Waals surface area contributed by atoms with E-state index in [1.807, 2.05) is 27.9 Å². The summed E-state index contributed by atoms with van der Waals surface area (Å²) in [5.74, 6) is 0.304. The Morgan fingerprint density at radius 2 is 1.76 bits per heavy atom. The van der Waals surface area contributed by atoms with Crippen molar-refractivity contribution < 1.29 is 5.11 Å². The van der Waals surface area contributed by atoms with Crippen LogP contribution >= 0.6 is 0 Å². The van der Waals surface area contributed by atoms with E-state index in [2.05, 4.69) is 34.5 Å². The van der Waals surface area contributed by atoms with Crippen LogP contribution in [0, 0.1) is 5.92 Å². The minimum Gasteiger partial charge on any atom is -0.392 e. The van der Waals surface area contributed by atoms with E-state index >= 15 is 0 Å². The van der Waals surface area contributed by atoms with Crippen molar-refractivity contribution in [2.45, 2.75) is 26.5 Å². The van der Waals surface area contributed by atoms with Crippen molar-refractivity contribution in [2.24, 2.45) is 5.92 Å². The first-order valence-corrected chi connectivity index (χ1v) is 6.15. The second kappa shape index (κ2) is 6.62. The summed E-state index contributed by atoms with van der Waals surface area (Å²) in [5, 5.41) is 12.9. The Kier molecular flexibility index (Phi) is 5.45. The van der Waals surface area contributed by atoms with Crippen molar-refractivity contribution in [3.05, 3.63) is 29.8 Å². The van der Waals surface area contributed by atoms with Gasteiger partial charge in [0.25, 0.3) is 0 Å². The number of hydrogen-bond acceptors (Lipinski definition) is 3. The smallest absolute Gasteiger partial charge is 0.0687 e. The topological polar surface area (TPSA) is 35.5 Å². The highest BCUT2D eigenvalue weighted by Gasteiger charge is 2.07. The second-order valence-corrected chi connectivity index (χ2v) is 5.00. The van der Waals surface area contributed by atoms with E-state index in [1.165, 1.54) is 11.3 Å². The molecule has 17 heavy (non-hydrogen) atoms. The predicted molar refractivity (Wildman–Crippen MR) is 73.3 cm³/mol. The Morgan fingerprint density at radius 3 is 2.24 bits per heavy atom. The van der Waals surface area contributed by atoms with E-state index in [0.29, 0.717) is 12.5 Å². The number of nitrogens with zero attached hydrogens (tertiary/aromatic N) is 1. The minimum absolute atomic E-state index is 0.268. The molecule has 0 heterocycles. The van der Waals surface area contributed by atoms with Crippen LogP contribution in [0.4, 0.5) is 5.69 Å². The number of benzene rings is 1. The van der Waals surface area contributed by atoms with Crippen molar-refractivity contribution in [1.82, 2.24) is 5.32 Å². The fourth-order valence-electron chi connectivity index (χ4n) is 1.51. The van der Waals surface area contributed by atoms with Gasteiger partial charge in [0, 0.05) is 32.9 Å². The van der Waals surface area contributed by atoms with Gasteiger partial charge in [-0.1, -0.05) is 26.0 Å². The summed E-state index contributed by atoms with van der Waals surface area (Å²) in [4.78, 5) is 2.08. The third-order valence-electron chi connectivity index (χ3n) is 2.90. The van der Waals surface area contributed by atoms with Crippen LogP contribution in [0.5, 0.6) is 0 Å². The number of nitrogens with one attached hydrogen (secondary N) is 1. The number of anilines is 1. The lowest BCUT2D eigenvalue weighted by Crippen LogP contribution is -2.30. The third-order valence-corrected chi connectivity index (χ3v) is 2.90. The number of hydrogen-bond donors (Lipinski definition) is 2. The molecule has 96 valence electrons. The summed E-state index contributed by atoms with van der Waals surface area (Å²) in [6, 6.07) is 8.44. The molecule has 1 atom stereocenters. The Balaban J connectivity index is 2.37. The lowest BCUT2D eigenvalue weighted by molar-refractivity contribution is 0.123. The molecule has 3 heteroatoms. The van der Waals surface area contributed by atoms with Crippen LogP contribution < -0.4 is 10.2 Å². The highest BCUT2D eigenvalue weighted by molar-refractivity contribution is 5.45. The van der Waals surface area contributed by atoms with Crippen molar-refractivity contribution in [1.29, 1.82) is 0 Å². The van der Waals surface area contributed by atoms with Gasteiger partial charge in [0.1, 0.15) is 0 Å². The van der Waals surface area contributed by atoms with Crippen LogP contribution in [0.25, 0.3) is 0 Å².